The van der Waals surface area contributed by atoms with Gasteiger partial charge in [0.25, 0.3) is 0 Å². The number of benzene rings is 2. The highest BCUT2D eigenvalue weighted by Crippen LogP contribution is 2.51. The predicted octanol–water partition coefficient (Wildman–Crippen LogP) is 2.78. The second-order valence-electron chi connectivity index (χ2n) is 10.1. The van der Waals surface area contributed by atoms with E-state index >= 15 is 0 Å². The van der Waals surface area contributed by atoms with Crippen LogP contribution in [-0.2, 0) is 14.9 Å². The van der Waals surface area contributed by atoms with E-state index in [1.807, 2.05) is 24.3 Å². The Morgan fingerprint density at radius 3 is 2.63 bits per heavy atom. The SMILES string of the molecule is CO[C@H]1O[C@]2(C[C@H]2Oc2ccc3c(c2)C(C)(C)c2[nH]c4cc(Br)ccc4c2C3=O)[C@@H](O)[C@H](O)[C@H]1O. The standard InChI is InChI=1S/C26H26BrNO7/c1-25(2)15-9-12(34-17-10-26(17)23(32)20(30)21(31)24(33-3)35-26)5-7-13(15)19(29)18-14-6-4-11(27)8-16(14)28-22(18)25/h4-9,17,20-21,23-24,28,30-32H,10H2,1-3H3/t17-,20-,21-,23+,24+,26+/m1/s1. The van der Waals surface area contributed by atoms with Gasteiger partial charge >= 0.3 is 0 Å². The molecule has 1 aromatic heterocycles. The van der Waals surface area contributed by atoms with E-state index in [-0.39, 0.29) is 5.78 Å². The van der Waals surface area contributed by atoms with Crippen molar-refractivity contribution in [2.45, 2.75) is 62.0 Å². The van der Waals surface area contributed by atoms with E-state index in [0.717, 1.165) is 26.6 Å². The van der Waals surface area contributed by atoms with Crippen molar-refractivity contribution in [1.29, 1.82) is 0 Å². The van der Waals surface area contributed by atoms with Crippen molar-refractivity contribution in [1.82, 2.24) is 4.98 Å². The van der Waals surface area contributed by atoms with E-state index in [1.54, 1.807) is 12.1 Å². The summed E-state index contributed by atoms with van der Waals surface area (Å²) in [6.07, 6.45) is -5.37. The Kier molecular flexibility index (Phi) is 5.04. The smallest absolute Gasteiger partial charge is 0.195 e. The van der Waals surface area contributed by atoms with Crippen LogP contribution in [0.15, 0.2) is 40.9 Å². The molecular formula is C26H26BrNO7. The van der Waals surface area contributed by atoms with Crippen molar-refractivity contribution in [3.05, 3.63) is 63.3 Å². The number of ether oxygens (including phenoxy) is 3. The van der Waals surface area contributed by atoms with Gasteiger partial charge in [-0.05, 0) is 35.9 Å². The van der Waals surface area contributed by atoms with Crippen LogP contribution in [0.3, 0.4) is 0 Å². The van der Waals surface area contributed by atoms with Crippen molar-refractivity contribution in [2.75, 3.05) is 7.11 Å². The van der Waals surface area contributed by atoms with E-state index in [1.165, 1.54) is 7.11 Å². The summed E-state index contributed by atoms with van der Waals surface area (Å²) in [7, 11) is 1.36. The molecule has 2 aromatic carbocycles. The second-order valence-corrected chi connectivity index (χ2v) is 11.1. The normalized spacial score (nSPS) is 33.0. The minimum atomic E-state index is -1.41. The third-order valence-electron chi connectivity index (χ3n) is 7.71. The number of carbonyl (C=O) groups excluding carboxylic acids is 1. The number of hydrogen-bond donors (Lipinski definition) is 4. The summed E-state index contributed by atoms with van der Waals surface area (Å²) in [6.45, 7) is 4.14. The average molecular weight is 544 g/mol. The van der Waals surface area contributed by atoms with Crippen LogP contribution in [0.5, 0.6) is 5.75 Å². The molecule has 3 aromatic rings. The van der Waals surface area contributed by atoms with Crippen LogP contribution in [-0.4, -0.2) is 69.5 Å². The molecule has 8 nitrogen and oxygen atoms in total. The predicted molar refractivity (Wildman–Crippen MR) is 130 cm³/mol. The molecule has 0 amide bonds. The number of fused-ring (bicyclic) bond motifs is 4. The summed E-state index contributed by atoms with van der Waals surface area (Å²) in [6, 6.07) is 11.2. The van der Waals surface area contributed by atoms with Gasteiger partial charge in [0.15, 0.2) is 12.1 Å². The van der Waals surface area contributed by atoms with Crippen LogP contribution in [0.4, 0.5) is 0 Å². The van der Waals surface area contributed by atoms with Crippen molar-refractivity contribution in [3.8, 4) is 5.75 Å². The summed E-state index contributed by atoms with van der Waals surface area (Å²) in [5.74, 6) is 0.489. The van der Waals surface area contributed by atoms with E-state index in [0.29, 0.717) is 23.3 Å². The molecule has 1 aliphatic heterocycles. The summed E-state index contributed by atoms with van der Waals surface area (Å²) in [4.78, 5) is 17.0. The van der Waals surface area contributed by atoms with Crippen LogP contribution >= 0.6 is 15.9 Å². The second kappa shape index (κ2) is 7.61. The lowest BCUT2D eigenvalue weighted by Crippen LogP contribution is -2.60. The number of rotatable bonds is 3. The fraction of sp³-hybridized carbons (Fsp3) is 0.423. The molecule has 6 rings (SSSR count). The number of hydrogen-bond acceptors (Lipinski definition) is 7. The quantitative estimate of drug-likeness (QED) is 0.400. The first-order chi connectivity index (χ1) is 16.6. The van der Waals surface area contributed by atoms with Gasteiger partial charge in [-0.2, -0.15) is 0 Å². The Balaban J connectivity index is 1.33. The number of H-pyrrole nitrogens is 1. The van der Waals surface area contributed by atoms with Gasteiger partial charge in [0.1, 0.15) is 35.8 Å². The fourth-order valence-electron chi connectivity index (χ4n) is 5.61. The number of ketones is 1. The van der Waals surface area contributed by atoms with Crippen LogP contribution in [0, 0.1) is 0 Å². The zero-order chi connectivity index (χ0) is 24.9. The zero-order valence-corrected chi connectivity index (χ0v) is 21.0. The van der Waals surface area contributed by atoms with Crippen molar-refractivity contribution in [3.63, 3.8) is 0 Å². The minimum Gasteiger partial charge on any atom is -0.487 e. The van der Waals surface area contributed by atoms with Crippen molar-refractivity contribution < 1.29 is 34.3 Å². The van der Waals surface area contributed by atoms with Crippen LogP contribution in [0.2, 0.25) is 0 Å². The number of methoxy groups -OCH3 is 1. The molecular weight excluding hydrogens is 518 g/mol. The van der Waals surface area contributed by atoms with Gasteiger partial charge < -0.3 is 34.5 Å². The molecule has 1 spiro atoms. The molecule has 9 heteroatoms. The van der Waals surface area contributed by atoms with Gasteiger partial charge in [0, 0.05) is 45.6 Å². The molecule has 1 saturated carbocycles. The van der Waals surface area contributed by atoms with Gasteiger partial charge in [-0.25, -0.2) is 0 Å². The maximum absolute atomic E-state index is 13.5. The molecule has 4 N–H and O–H groups in total. The monoisotopic (exact) mass is 543 g/mol. The van der Waals surface area contributed by atoms with Crippen molar-refractivity contribution in [2.24, 2.45) is 0 Å². The van der Waals surface area contributed by atoms with Crippen LogP contribution in [0.25, 0.3) is 10.9 Å². The highest BCUT2D eigenvalue weighted by Gasteiger charge is 2.69. The zero-order valence-electron chi connectivity index (χ0n) is 19.4. The lowest BCUT2D eigenvalue weighted by molar-refractivity contribution is -0.304. The topological polar surface area (TPSA) is 121 Å². The largest absolute Gasteiger partial charge is 0.487 e. The lowest BCUT2D eigenvalue weighted by atomic mass is 9.71. The molecule has 1 saturated heterocycles. The molecule has 0 bridgehead atoms. The van der Waals surface area contributed by atoms with Gasteiger partial charge in [-0.3, -0.25) is 4.79 Å². The third kappa shape index (κ3) is 3.19. The summed E-state index contributed by atoms with van der Waals surface area (Å²) in [5, 5.41) is 31.8. The molecule has 184 valence electrons. The number of aliphatic hydroxyl groups excluding tert-OH is 3. The molecule has 35 heavy (non-hydrogen) atoms. The van der Waals surface area contributed by atoms with Crippen LogP contribution < -0.4 is 4.74 Å². The fourth-order valence-corrected chi connectivity index (χ4v) is 5.97. The van der Waals surface area contributed by atoms with Gasteiger partial charge in [-0.15, -0.1) is 0 Å². The first-order valence-electron chi connectivity index (χ1n) is 11.5. The Labute approximate surface area is 209 Å². The van der Waals surface area contributed by atoms with Crippen molar-refractivity contribution >= 4 is 32.6 Å². The lowest BCUT2D eigenvalue weighted by Gasteiger charge is -2.40. The van der Waals surface area contributed by atoms with E-state index in [2.05, 4.69) is 34.8 Å². The Morgan fingerprint density at radius 2 is 1.89 bits per heavy atom. The Morgan fingerprint density at radius 1 is 1.11 bits per heavy atom. The highest BCUT2D eigenvalue weighted by molar-refractivity contribution is 9.10. The molecule has 2 heterocycles. The number of carbonyl (C=O) groups is 1. The minimum absolute atomic E-state index is 0.0385. The maximum Gasteiger partial charge on any atom is 0.195 e. The Hall–Kier alpha value is -2.27. The molecule has 6 atom stereocenters. The maximum atomic E-state index is 13.5. The third-order valence-corrected chi connectivity index (χ3v) is 8.20. The van der Waals surface area contributed by atoms with Crippen LogP contribution in [0.1, 0.15) is 47.4 Å². The number of aliphatic hydroxyl groups is 3. The van der Waals surface area contributed by atoms with E-state index in [9.17, 15) is 20.1 Å². The van der Waals surface area contributed by atoms with Gasteiger partial charge in [0.2, 0.25) is 0 Å². The highest BCUT2D eigenvalue weighted by atomic mass is 79.9. The summed E-state index contributed by atoms with van der Waals surface area (Å²) >= 11 is 3.50. The summed E-state index contributed by atoms with van der Waals surface area (Å²) in [5.41, 5.74) is 2.24. The first-order valence-corrected chi connectivity index (χ1v) is 12.3. The number of halogens is 1. The molecule has 2 aliphatic carbocycles. The molecule has 0 radical (unpaired) electrons. The van der Waals surface area contributed by atoms with Gasteiger partial charge in [0.05, 0.1) is 5.56 Å². The van der Waals surface area contributed by atoms with E-state index in [4.69, 9.17) is 14.2 Å². The number of aromatic nitrogens is 1. The first kappa shape index (κ1) is 23.1. The molecule has 0 unspecified atom stereocenters. The molecule has 2 fully saturated rings. The summed E-state index contributed by atoms with van der Waals surface area (Å²) < 4.78 is 18.0. The average Bonchev–Trinajstić information content (AvgIpc) is 3.36. The number of nitrogens with one attached hydrogen (secondary N) is 1. The Bertz CT molecular complexity index is 1370. The number of aromatic amines is 1. The van der Waals surface area contributed by atoms with E-state index < -0.39 is 41.7 Å². The van der Waals surface area contributed by atoms with Gasteiger partial charge in [-0.1, -0.05) is 35.8 Å². The molecule has 3 aliphatic rings.